The molecule has 0 aliphatic rings. The van der Waals surface area contributed by atoms with Crippen molar-refractivity contribution in [1.82, 2.24) is 15.0 Å². The molecule has 1 N–H and O–H groups in total. The smallest absolute Gasteiger partial charge is 0.204 e. The summed E-state index contributed by atoms with van der Waals surface area (Å²) >= 11 is 0. The van der Waals surface area contributed by atoms with Crippen molar-refractivity contribution in [2.24, 2.45) is 0 Å². The zero-order valence-electron chi connectivity index (χ0n) is 14.2. The van der Waals surface area contributed by atoms with Gasteiger partial charge in [0.2, 0.25) is 5.75 Å². The van der Waals surface area contributed by atoms with Gasteiger partial charge in [-0.2, -0.15) is 0 Å². The number of benzene rings is 2. The lowest BCUT2D eigenvalue weighted by atomic mass is 10.1. The van der Waals surface area contributed by atoms with Gasteiger partial charge in [0.15, 0.2) is 11.5 Å². The predicted molar refractivity (Wildman–Crippen MR) is 96.5 cm³/mol. The Hall–Kier alpha value is -3.28. The number of methoxy groups -OCH3 is 3. The van der Waals surface area contributed by atoms with Gasteiger partial charge in [-0.05, 0) is 12.1 Å². The first-order valence-corrected chi connectivity index (χ1v) is 7.79. The number of aromatic nitrogens is 3. The van der Waals surface area contributed by atoms with Crippen molar-refractivity contribution in [2.45, 2.75) is 0 Å². The van der Waals surface area contributed by atoms with Crippen LogP contribution in [0, 0.1) is 0 Å². The number of aromatic amines is 1. The summed E-state index contributed by atoms with van der Waals surface area (Å²) in [5.74, 6) is 1.75. The van der Waals surface area contributed by atoms with E-state index < -0.39 is 0 Å². The van der Waals surface area contributed by atoms with Gasteiger partial charge in [0, 0.05) is 17.8 Å². The number of fused-ring (bicyclic) bond motifs is 2. The van der Waals surface area contributed by atoms with Crippen LogP contribution >= 0.6 is 0 Å². The maximum absolute atomic E-state index is 5.63. The molecule has 126 valence electrons. The summed E-state index contributed by atoms with van der Waals surface area (Å²) in [6.07, 6.45) is 3.66. The highest BCUT2D eigenvalue weighted by atomic mass is 16.5. The van der Waals surface area contributed by atoms with E-state index in [4.69, 9.17) is 19.2 Å². The molecule has 4 rings (SSSR count). The molecule has 0 amide bonds. The quantitative estimate of drug-likeness (QED) is 0.614. The summed E-state index contributed by atoms with van der Waals surface area (Å²) in [5, 5.41) is 0.879. The SMILES string of the molecule is COc1cc2[nH]cc(-c3cnc4ccccc4n3)c2c(OC)c1OC. The average Bonchev–Trinajstić information content (AvgIpc) is 3.09. The maximum Gasteiger partial charge on any atom is 0.204 e. The molecule has 0 atom stereocenters. The Labute approximate surface area is 144 Å². The Morgan fingerprint density at radius 3 is 2.40 bits per heavy atom. The van der Waals surface area contributed by atoms with E-state index in [1.807, 2.05) is 36.5 Å². The first-order chi connectivity index (χ1) is 12.3. The van der Waals surface area contributed by atoms with E-state index >= 15 is 0 Å². The number of ether oxygens (including phenoxy) is 3. The third kappa shape index (κ3) is 2.34. The van der Waals surface area contributed by atoms with Crippen LogP contribution in [-0.4, -0.2) is 36.3 Å². The molecule has 25 heavy (non-hydrogen) atoms. The van der Waals surface area contributed by atoms with Crippen molar-refractivity contribution in [2.75, 3.05) is 21.3 Å². The second-order valence-electron chi connectivity index (χ2n) is 5.51. The topological polar surface area (TPSA) is 69.3 Å². The van der Waals surface area contributed by atoms with Crippen molar-refractivity contribution in [1.29, 1.82) is 0 Å². The number of para-hydroxylation sites is 2. The summed E-state index contributed by atoms with van der Waals surface area (Å²) in [6, 6.07) is 9.67. The molecule has 0 bridgehead atoms. The van der Waals surface area contributed by atoms with Gasteiger partial charge in [-0.3, -0.25) is 4.98 Å². The lowest BCUT2D eigenvalue weighted by Gasteiger charge is -2.14. The van der Waals surface area contributed by atoms with Crippen molar-refractivity contribution in [3.05, 3.63) is 42.7 Å². The highest BCUT2D eigenvalue weighted by molar-refractivity contribution is 6.02. The van der Waals surface area contributed by atoms with E-state index in [9.17, 15) is 0 Å². The molecule has 0 saturated carbocycles. The van der Waals surface area contributed by atoms with Crippen LogP contribution in [0.3, 0.4) is 0 Å². The highest BCUT2D eigenvalue weighted by Gasteiger charge is 2.21. The van der Waals surface area contributed by atoms with E-state index in [0.29, 0.717) is 17.2 Å². The average molecular weight is 335 g/mol. The van der Waals surface area contributed by atoms with Crippen LogP contribution in [0.4, 0.5) is 0 Å². The van der Waals surface area contributed by atoms with Gasteiger partial charge in [0.25, 0.3) is 0 Å². The molecule has 0 aliphatic heterocycles. The molecule has 6 nitrogen and oxygen atoms in total. The minimum absolute atomic E-state index is 0.548. The fourth-order valence-electron chi connectivity index (χ4n) is 3.05. The third-order valence-corrected chi connectivity index (χ3v) is 4.20. The van der Waals surface area contributed by atoms with Gasteiger partial charge in [-0.15, -0.1) is 0 Å². The first kappa shape index (κ1) is 15.3. The summed E-state index contributed by atoms with van der Waals surface area (Å²) in [6.45, 7) is 0. The van der Waals surface area contributed by atoms with Crippen LogP contribution in [0.5, 0.6) is 17.2 Å². The Bertz CT molecular complexity index is 1070. The van der Waals surface area contributed by atoms with Crippen molar-refractivity contribution in [3.63, 3.8) is 0 Å². The number of nitrogens with one attached hydrogen (secondary N) is 1. The molecule has 0 saturated heterocycles. The predicted octanol–water partition coefficient (Wildman–Crippen LogP) is 3.80. The van der Waals surface area contributed by atoms with Crippen molar-refractivity contribution >= 4 is 21.9 Å². The number of hydrogen-bond acceptors (Lipinski definition) is 5. The zero-order chi connectivity index (χ0) is 17.4. The van der Waals surface area contributed by atoms with Crippen LogP contribution in [-0.2, 0) is 0 Å². The van der Waals surface area contributed by atoms with Gasteiger partial charge >= 0.3 is 0 Å². The normalized spacial score (nSPS) is 11.0. The fourth-order valence-corrected chi connectivity index (χ4v) is 3.05. The standard InChI is InChI=1S/C19H17N3O3/c1-23-16-8-14-17(19(25-3)18(16)24-2)11(9-20-14)15-10-21-12-6-4-5-7-13(12)22-15/h4-10,20H,1-3H3. The Kier molecular flexibility index (Phi) is 3.65. The van der Waals surface area contributed by atoms with Gasteiger partial charge in [0.05, 0.1) is 55.2 Å². The molecule has 0 aliphatic carbocycles. The number of hydrogen-bond donors (Lipinski definition) is 1. The van der Waals surface area contributed by atoms with E-state index in [2.05, 4.69) is 9.97 Å². The molecule has 0 unspecified atom stereocenters. The largest absolute Gasteiger partial charge is 0.493 e. The third-order valence-electron chi connectivity index (χ3n) is 4.20. The molecule has 6 heteroatoms. The maximum atomic E-state index is 5.63. The van der Waals surface area contributed by atoms with Crippen molar-refractivity contribution < 1.29 is 14.2 Å². The second kappa shape index (κ2) is 5.98. The number of rotatable bonds is 4. The molecule has 2 aromatic carbocycles. The van der Waals surface area contributed by atoms with Gasteiger partial charge in [-0.25, -0.2) is 4.98 Å². The molecule has 2 aromatic heterocycles. The Morgan fingerprint density at radius 1 is 0.920 bits per heavy atom. The lowest BCUT2D eigenvalue weighted by Crippen LogP contribution is -1.96. The molecule has 2 heterocycles. The van der Waals surface area contributed by atoms with Gasteiger partial charge < -0.3 is 19.2 Å². The minimum Gasteiger partial charge on any atom is -0.493 e. The zero-order valence-corrected chi connectivity index (χ0v) is 14.2. The van der Waals surface area contributed by atoms with Crippen LogP contribution in [0.1, 0.15) is 0 Å². The van der Waals surface area contributed by atoms with Crippen molar-refractivity contribution in [3.8, 4) is 28.5 Å². The molecule has 4 aromatic rings. The van der Waals surface area contributed by atoms with E-state index in [0.717, 1.165) is 33.2 Å². The summed E-state index contributed by atoms with van der Waals surface area (Å²) in [4.78, 5) is 12.5. The minimum atomic E-state index is 0.548. The van der Waals surface area contributed by atoms with E-state index in [-0.39, 0.29) is 0 Å². The highest BCUT2D eigenvalue weighted by Crippen LogP contribution is 2.46. The van der Waals surface area contributed by atoms with Crippen LogP contribution in [0.15, 0.2) is 42.7 Å². The molecule has 0 spiro atoms. The molecular formula is C19H17N3O3. The molecular weight excluding hydrogens is 318 g/mol. The number of nitrogens with zero attached hydrogens (tertiary/aromatic N) is 2. The summed E-state index contributed by atoms with van der Waals surface area (Å²) in [7, 11) is 4.80. The Balaban J connectivity index is 2.01. The fraction of sp³-hybridized carbons (Fsp3) is 0.158. The number of H-pyrrole nitrogens is 1. The van der Waals surface area contributed by atoms with E-state index in [1.165, 1.54) is 0 Å². The lowest BCUT2D eigenvalue weighted by molar-refractivity contribution is 0.327. The van der Waals surface area contributed by atoms with Crippen LogP contribution in [0.2, 0.25) is 0 Å². The van der Waals surface area contributed by atoms with Gasteiger partial charge in [-0.1, -0.05) is 12.1 Å². The second-order valence-corrected chi connectivity index (χ2v) is 5.51. The van der Waals surface area contributed by atoms with E-state index in [1.54, 1.807) is 27.5 Å². The summed E-state index contributed by atoms with van der Waals surface area (Å²) in [5.41, 5.74) is 4.23. The Morgan fingerprint density at radius 2 is 1.68 bits per heavy atom. The first-order valence-electron chi connectivity index (χ1n) is 7.79. The monoisotopic (exact) mass is 335 g/mol. The van der Waals surface area contributed by atoms with Gasteiger partial charge in [0.1, 0.15) is 0 Å². The van der Waals surface area contributed by atoms with Crippen LogP contribution in [0.25, 0.3) is 33.2 Å². The molecule has 0 fully saturated rings. The molecule has 0 radical (unpaired) electrons. The van der Waals surface area contributed by atoms with Crippen LogP contribution < -0.4 is 14.2 Å². The summed E-state index contributed by atoms with van der Waals surface area (Å²) < 4.78 is 16.5.